The molecule has 3 aliphatic rings. The van der Waals surface area contributed by atoms with Crippen molar-refractivity contribution in [2.45, 2.75) is 6.04 Å². The number of aromatic nitrogens is 1. The number of rotatable bonds is 5. The van der Waals surface area contributed by atoms with Gasteiger partial charge in [0.15, 0.2) is 11.5 Å². The molecule has 9 heteroatoms. The average molecular weight is 437 g/mol. The predicted octanol–water partition coefficient (Wildman–Crippen LogP) is 1.56. The van der Waals surface area contributed by atoms with Crippen LogP contribution in [0, 0.1) is 0 Å². The Morgan fingerprint density at radius 3 is 2.56 bits per heavy atom. The first-order chi connectivity index (χ1) is 15.6. The minimum absolute atomic E-state index is 0.0574. The lowest BCUT2D eigenvalue weighted by molar-refractivity contribution is -0.140. The Morgan fingerprint density at radius 1 is 1.03 bits per heavy atom. The molecule has 166 valence electrons. The summed E-state index contributed by atoms with van der Waals surface area (Å²) in [4.78, 5) is 33.9. The van der Waals surface area contributed by atoms with Gasteiger partial charge in [-0.3, -0.25) is 19.5 Å². The maximum Gasteiger partial charge on any atom is 0.295 e. The molecule has 1 atom stereocenters. The molecular weight excluding hydrogens is 414 g/mol. The van der Waals surface area contributed by atoms with Crippen LogP contribution in [0.15, 0.2) is 48.3 Å². The fraction of sp³-hybridized carbons (Fsp3) is 0.348. The van der Waals surface area contributed by atoms with E-state index < -0.39 is 17.7 Å². The van der Waals surface area contributed by atoms with E-state index in [0.717, 1.165) is 13.1 Å². The molecule has 9 nitrogen and oxygen atoms in total. The van der Waals surface area contributed by atoms with Gasteiger partial charge in [-0.25, -0.2) is 0 Å². The third kappa shape index (κ3) is 3.69. The number of carbonyl (C=O) groups is 2. The van der Waals surface area contributed by atoms with Gasteiger partial charge >= 0.3 is 0 Å². The van der Waals surface area contributed by atoms with Crippen molar-refractivity contribution in [1.29, 1.82) is 0 Å². The SMILES string of the molecule is O=C1C(=O)N(CCN2CCOCC2)[C@H](c2ccncc2)C1=C(O)c1ccc2c(c1)OCO2. The minimum Gasteiger partial charge on any atom is -0.507 e. The van der Waals surface area contributed by atoms with Crippen LogP contribution in [0.3, 0.4) is 0 Å². The van der Waals surface area contributed by atoms with E-state index in [-0.39, 0.29) is 18.1 Å². The number of Topliss-reactive ketones (excluding diaryl/α,β-unsaturated/α-hetero) is 1. The summed E-state index contributed by atoms with van der Waals surface area (Å²) in [6.07, 6.45) is 3.22. The largest absolute Gasteiger partial charge is 0.507 e. The maximum absolute atomic E-state index is 13.1. The van der Waals surface area contributed by atoms with Crippen molar-refractivity contribution in [1.82, 2.24) is 14.8 Å². The lowest BCUT2D eigenvalue weighted by Crippen LogP contribution is -2.42. The molecular formula is C23H23N3O6. The van der Waals surface area contributed by atoms with Crippen LogP contribution in [0.5, 0.6) is 11.5 Å². The number of hydrogen-bond donors (Lipinski definition) is 1. The summed E-state index contributed by atoms with van der Waals surface area (Å²) in [5, 5.41) is 11.1. The number of ether oxygens (including phenoxy) is 3. The molecule has 2 aromatic rings. The van der Waals surface area contributed by atoms with E-state index in [2.05, 4.69) is 9.88 Å². The van der Waals surface area contributed by atoms with Crippen LogP contribution in [0.4, 0.5) is 0 Å². The summed E-state index contributed by atoms with van der Waals surface area (Å²) in [5.74, 6) is -0.516. The maximum atomic E-state index is 13.1. The van der Waals surface area contributed by atoms with Crippen molar-refractivity contribution in [3.8, 4) is 11.5 Å². The molecule has 3 aliphatic heterocycles. The highest BCUT2D eigenvalue weighted by molar-refractivity contribution is 6.46. The molecule has 0 bridgehead atoms. The van der Waals surface area contributed by atoms with Crippen molar-refractivity contribution < 1.29 is 28.9 Å². The molecule has 2 saturated heterocycles. The third-order valence-electron chi connectivity index (χ3n) is 5.97. The topological polar surface area (TPSA) is 101 Å². The smallest absolute Gasteiger partial charge is 0.295 e. The first kappa shape index (κ1) is 20.5. The van der Waals surface area contributed by atoms with E-state index in [1.54, 1.807) is 42.7 Å². The van der Waals surface area contributed by atoms with Crippen LogP contribution in [0.2, 0.25) is 0 Å². The monoisotopic (exact) mass is 437 g/mol. The number of morpholine rings is 1. The van der Waals surface area contributed by atoms with Crippen molar-refractivity contribution >= 4 is 17.4 Å². The Balaban J connectivity index is 1.52. The molecule has 0 spiro atoms. The fourth-order valence-corrected chi connectivity index (χ4v) is 4.28. The summed E-state index contributed by atoms with van der Waals surface area (Å²) in [7, 11) is 0. The molecule has 0 aliphatic carbocycles. The Kier molecular flexibility index (Phi) is 5.50. The summed E-state index contributed by atoms with van der Waals surface area (Å²) in [6, 6.07) is 7.74. The molecule has 0 radical (unpaired) electrons. The van der Waals surface area contributed by atoms with E-state index >= 15 is 0 Å². The number of hydrogen-bond acceptors (Lipinski definition) is 8. The highest BCUT2D eigenvalue weighted by Crippen LogP contribution is 2.41. The van der Waals surface area contributed by atoms with Gasteiger partial charge in [0.25, 0.3) is 11.7 Å². The van der Waals surface area contributed by atoms with Gasteiger partial charge in [0.1, 0.15) is 5.76 Å². The number of amides is 1. The Bertz CT molecular complexity index is 1060. The number of likely N-dealkylation sites (tertiary alicyclic amines) is 1. The molecule has 1 aromatic carbocycles. The Labute approximate surface area is 184 Å². The Morgan fingerprint density at radius 2 is 1.78 bits per heavy atom. The second-order valence-corrected chi connectivity index (χ2v) is 7.80. The van der Waals surface area contributed by atoms with E-state index in [9.17, 15) is 14.7 Å². The van der Waals surface area contributed by atoms with Crippen molar-refractivity contribution in [3.05, 3.63) is 59.4 Å². The predicted molar refractivity (Wildman–Crippen MR) is 113 cm³/mol. The van der Waals surface area contributed by atoms with Crippen molar-refractivity contribution in [2.75, 3.05) is 46.2 Å². The number of aliphatic hydroxyl groups is 1. The fourth-order valence-electron chi connectivity index (χ4n) is 4.28. The van der Waals surface area contributed by atoms with Gasteiger partial charge < -0.3 is 24.2 Å². The van der Waals surface area contributed by atoms with Crippen molar-refractivity contribution in [2.24, 2.45) is 0 Å². The number of aliphatic hydroxyl groups excluding tert-OH is 1. The van der Waals surface area contributed by atoms with E-state index in [1.165, 1.54) is 4.90 Å². The second-order valence-electron chi connectivity index (χ2n) is 7.80. The number of benzene rings is 1. The van der Waals surface area contributed by atoms with E-state index in [0.29, 0.717) is 48.9 Å². The zero-order chi connectivity index (χ0) is 22.1. The summed E-state index contributed by atoms with van der Waals surface area (Å²) < 4.78 is 16.1. The van der Waals surface area contributed by atoms with Gasteiger partial charge in [0.2, 0.25) is 6.79 Å². The van der Waals surface area contributed by atoms with Crippen LogP contribution in [-0.2, 0) is 14.3 Å². The van der Waals surface area contributed by atoms with Gasteiger partial charge in [-0.1, -0.05) is 0 Å². The molecule has 1 N–H and O–H groups in total. The van der Waals surface area contributed by atoms with Gasteiger partial charge in [0.05, 0.1) is 24.8 Å². The van der Waals surface area contributed by atoms with Gasteiger partial charge in [-0.05, 0) is 35.9 Å². The van der Waals surface area contributed by atoms with Crippen LogP contribution in [-0.4, -0.2) is 77.8 Å². The number of pyridine rings is 1. The van der Waals surface area contributed by atoms with Crippen molar-refractivity contribution in [3.63, 3.8) is 0 Å². The first-order valence-electron chi connectivity index (χ1n) is 10.5. The number of fused-ring (bicyclic) bond motifs is 1. The molecule has 1 amide bonds. The highest BCUT2D eigenvalue weighted by Gasteiger charge is 2.46. The first-order valence-corrected chi connectivity index (χ1v) is 10.5. The van der Waals surface area contributed by atoms with Gasteiger partial charge in [0, 0.05) is 44.1 Å². The quantitative estimate of drug-likeness (QED) is 0.427. The zero-order valence-corrected chi connectivity index (χ0v) is 17.4. The van der Waals surface area contributed by atoms with E-state index in [4.69, 9.17) is 14.2 Å². The second kappa shape index (κ2) is 8.60. The van der Waals surface area contributed by atoms with Crippen LogP contribution in [0.1, 0.15) is 17.2 Å². The average Bonchev–Trinajstić information content (AvgIpc) is 3.40. The normalized spacial score (nSPS) is 22.5. The standard InChI is InChI=1S/C23H23N3O6/c27-21(16-1-2-17-18(13-16)32-14-31-17)19-20(15-3-5-24-6-4-15)26(23(29)22(19)28)8-7-25-9-11-30-12-10-25/h1-6,13,20,27H,7-12,14H2/t20-/m1/s1. The summed E-state index contributed by atoms with van der Waals surface area (Å²) in [6.45, 7) is 3.93. The third-order valence-corrected chi connectivity index (χ3v) is 5.97. The van der Waals surface area contributed by atoms with Crippen LogP contribution in [0.25, 0.3) is 5.76 Å². The van der Waals surface area contributed by atoms with Crippen LogP contribution >= 0.6 is 0 Å². The number of ketones is 1. The molecule has 4 heterocycles. The van der Waals surface area contributed by atoms with E-state index in [1.807, 2.05) is 0 Å². The number of carbonyl (C=O) groups excluding carboxylic acids is 2. The van der Waals surface area contributed by atoms with Gasteiger partial charge in [-0.2, -0.15) is 0 Å². The van der Waals surface area contributed by atoms with Crippen LogP contribution < -0.4 is 9.47 Å². The molecule has 0 saturated carbocycles. The lowest BCUT2D eigenvalue weighted by Gasteiger charge is -2.30. The molecule has 32 heavy (non-hydrogen) atoms. The Hall–Kier alpha value is -3.43. The van der Waals surface area contributed by atoms with Gasteiger partial charge in [-0.15, -0.1) is 0 Å². The minimum atomic E-state index is -0.705. The number of nitrogens with zero attached hydrogens (tertiary/aromatic N) is 3. The lowest BCUT2D eigenvalue weighted by atomic mass is 9.96. The molecule has 5 rings (SSSR count). The molecule has 1 aromatic heterocycles. The molecule has 2 fully saturated rings. The summed E-state index contributed by atoms with van der Waals surface area (Å²) in [5.41, 5.74) is 1.16. The highest BCUT2D eigenvalue weighted by atomic mass is 16.7. The zero-order valence-electron chi connectivity index (χ0n) is 17.4. The summed E-state index contributed by atoms with van der Waals surface area (Å²) >= 11 is 0. The molecule has 0 unspecified atom stereocenters.